The van der Waals surface area contributed by atoms with Crippen LogP contribution in [0.3, 0.4) is 0 Å². The third kappa shape index (κ3) is 7.13. The number of carbonyl (C=O) groups excluding carboxylic acids is 1. The second-order valence-electron chi connectivity index (χ2n) is 7.62. The molecule has 32 heavy (non-hydrogen) atoms. The van der Waals surface area contributed by atoms with Crippen LogP contribution < -0.4 is 14.4 Å². The van der Waals surface area contributed by atoms with Crippen LogP contribution in [0.1, 0.15) is 24.0 Å². The predicted octanol–water partition coefficient (Wildman–Crippen LogP) is 4.76. The summed E-state index contributed by atoms with van der Waals surface area (Å²) >= 11 is 0. The smallest absolute Gasteiger partial charge is 0.232 e. The van der Waals surface area contributed by atoms with Crippen LogP contribution in [0.4, 0.5) is 11.4 Å². The lowest BCUT2D eigenvalue weighted by molar-refractivity contribution is -0.116. The fourth-order valence-corrected chi connectivity index (χ4v) is 4.14. The number of ether oxygens (including phenoxy) is 1. The van der Waals surface area contributed by atoms with Gasteiger partial charge < -0.3 is 10.1 Å². The van der Waals surface area contributed by atoms with E-state index in [4.69, 9.17) is 4.74 Å². The van der Waals surface area contributed by atoms with E-state index in [1.807, 2.05) is 49.4 Å². The van der Waals surface area contributed by atoms with Crippen LogP contribution in [-0.2, 0) is 21.4 Å². The van der Waals surface area contributed by atoms with E-state index in [-0.39, 0.29) is 18.9 Å². The van der Waals surface area contributed by atoms with Crippen LogP contribution in [-0.4, -0.2) is 27.1 Å². The van der Waals surface area contributed by atoms with E-state index in [9.17, 15) is 13.2 Å². The lowest BCUT2D eigenvalue weighted by atomic mass is 10.2. The van der Waals surface area contributed by atoms with E-state index >= 15 is 0 Å². The summed E-state index contributed by atoms with van der Waals surface area (Å²) in [5.41, 5.74) is 3.40. The van der Waals surface area contributed by atoms with Crippen molar-refractivity contribution < 1.29 is 17.9 Å². The van der Waals surface area contributed by atoms with Crippen molar-refractivity contribution in [3.8, 4) is 5.75 Å². The van der Waals surface area contributed by atoms with Crippen molar-refractivity contribution >= 4 is 27.3 Å². The molecule has 3 aromatic rings. The van der Waals surface area contributed by atoms with E-state index in [0.717, 1.165) is 11.1 Å². The fraction of sp³-hybridized carbons (Fsp3) is 0.240. The maximum absolute atomic E-state index is 12.3. The lowest BCUT2D eigenvalue weighted by Crippen LogP contribution is -2.31. The Bertz CT molecular complexity index is 1110. The number of anilines is 2. The van der Waals surface area contributed by atoms with Crippen LogP contribution in [0.5, 0.6) is 5.75 Å². The SMILES string of the molecule is Cc1ccc(N(CCCC(=O)Nc2ccc(OCc3ccccc3)cc2)S(C)(=O)=O)cc1. The summed E-state index contributed by atoms with van der Waals surface area (Å²) in [6, 6.07) is 24.4. The Hall–Kier alpha value is -3.32. The molecular weight excluding hydrogens is 424 g/mol. The van der Waals surface area contributed by atoms with Gasteiger partial charge in [0, 0.05) is 18.7 Å². The summed E-state index contributed by atoms with van der Waals surface area (Å²) < 4.78 is 31.4. The molecule has 0 heterocycles. The van der Waals surface area contributed by atoms with E-state index in [2.05, 4.69) is 5.32 Å². The Labute approximate surface area is 189 Å². The van der Waals surface area contributed by atoms with Crippen molar-refractivity contribution in [1.29, 1.82) is 0 Å². The molecule has 0 aliphatic heterocycles. The normalized spacial score (nSPS) is 11.1. The summed E-state index contributed by atoms with van der Waals surface area (Å²) in [4.78, 5) is 12.3. The van der Waals surface area contributed by atoms with E-state index in [0.29, 0.717) is 30.2 Å². The van der Waals surface area contributed by atoms with Gasteiger partial charge in [-0.05, 0) is 55.3 Å². The number of aryl methyl sites for hydroxylation is 1. The first-order valence-electron chi connectivity index (χ1n) is 10.4. The van der Waals surface area contributed by atoms with Gasteiger partial charge in [0.2, 0.25) is 15.9 Å². The third-order valence-corrected chi connectivity index (χ3v) is 6.07. The van der Waals surface area contributed by atoms with Gasteiger partial charge >= 0.3 is 0 Å². The van der Waals surface area contributed by atoms with E-state index < -0.39 is 10.0 Å². The van der Waals surface area contributed by atoms with Crippen molar-refractivity contribution in [3.05, 3.63) is 90.0 Å². The molecule has 0 spiro atoms. The molecule has 6 nitrogen and oxygen atoms in total. The van der Waals surface area contributed by atoms with Gasteiger partial charge in [-0.3, -0.25) is 9.10 Å². The molecule has 0 aliphatic rings. The summed E-state index contributed by atoms with van der Waals surface area (Å²) in [6.07, 6.45) is 1.80. The maximum atomic E-state index is 12.3. The minimum Gasteiger partial charge on any atom is -0.489 e. The summed E-state index contributed by atoms with van der Waals surface area (Å²) in [5, 5.41) is 2.84. The highest BCUT2D eigenvalue weighted by atomic mass is 32.2. The Balaban J connectivity index is 1.48. The number of hydrogen-bond acceptors (Lipinski definition) is 4. The molecule has 0 aromatic heterocycles. The number of sulfonamides is 1. The number of nitrogens with one attached hydrogen (secondary N) is 1. The lowest BCUT2D eigenvalue weighted by Gasteiger charge is -2.22. The van der Waals surface area contributed by atoms with Crippen molar-refractivity contribution in [2.24, 2.45) is 0 Å². The molecule has 0 aliphatic carbocycles. The van der Waals surface area contributed by atoms with Crippen molar-refractivity contribution in [1.82, 2.24) is 0 Å². The first-order chi connectivity index (χ1) is 15.3. The molecule has 7 heteroatoms. The largest absolute Gasteiger partial charge is 0.489 e. The number of benzene rings is 3. The highest BCUT2D eigenvalue weighted by Gasteiger charge is 2.17. The first-order valence-corrected chi connectivity index (χ1v) is 12.3. The van der Waals surface area contributed by atoms with E-state index in [1.54, 1.807) is 36.4 Å². The molecule has 1 N–H and O–H groups in total. The highest BCUT2D eigenvalue weighted by Crippen LogP contribution is 2.20. The van der Waals surface area contributed by atoms with Crippen molar-refractivity contribution in [2.75, 3.05) is 22.4 Å². The minimum atomic E-state index is -3.43. The number of amides is 1. The Morgan fingerprint density at radius 2 is 1.59 bits per heavy atom. The van der Waals surface area contributed by atoms with Gasteiger partial charge in [0.15, 0.2) is 0 Å². The minimum absolute atomic E-state index is 0.166. The molecule has 0 radical (unpaired) electrons. The average Bonchev–Trinajstić information content (AvgIpc) is 2.77. The Kier molecular flexibility index (Phi) is 7.89. The van der Waals surface area contributed by atoms with Crippen LogP contribution in [0.2, 0.25) is 0 Å². The van der Waals surface area contributed by atoms with Gasteiger partial charge in [-0.15, -0.1) is 0 Å². The summed E-state index contributed by atoms with van der Waals surface area (Å²) in [7, 11) is -3.43. The molecule has 1 amide bonds. The second-order valence-corrected chi connectivity index (χ2v) is 9.53. The monoisotopic (exact) mass is 452 g/mol. The molecule has 0 bridgehead atoms. The molecule has 0 saturated heterocycles. The molecule has 3 rings (SSSR count). The standard InChI is InChI=1S/C25H28N2O4S/c1-20-10-14-23(15-11-20)27(32(2,29)30)18-6-9-25(28)26-22-12-16-24(17-13-22)31-19-21-7-4-3-5-8-21/h3-5,7-8,10-17H,6,9,18-19H2,1-2H3,(H,26,28). The molecule has 0 saturated carbocycles. The summed E-state index contributed by atoms with van der Waals surface area (Å²) in [5.74, 6) is 0.550. The summed E-state index contributed by atoms with van der Waals surface area (Å²) in [6.45, 7) is 2.66. The number of carbonyl (C=O) groups is 1. The number of rotatable bonds is 10. The molecular formula is C25H28N2O4S. The molecule has 0 unspecified atom stereocenters. The third-order valence-electron chi connectivity index (χ3n) is 4.87. The predicted molar refractivity (Wildman–Crippen MR) is 128 cm³/mol. The van der Waals surface area contributed by atoms with Crippen molar-refractivity contribution in [2.45, 2.75) is 26.4 Å². The molecule has 3 aromatic carbocycles. The van der Waals surface area contributed by atoms with Gasteiger partial charge in [-0.2, -0.15) is 0 Å². The molecule has 168 valence electrons. The fourth-order valence-electron chi connectivity index (χ4n) is 3.18. The number of hydrogen-bond donors (Lipinski definition) is 1. The maximum Gasteiger partial charge on any atom is 0.232 e. The van der Waals surface area contributed by atoms with Crippen molar-refractivity contribution in [3.63, 3.8) is 0 Å². The van der Waals surface area contributed by atoms with Gasteiger partial charge in [0.05, 0.1) is 11.9 Å². The Morgan fingerprint density at radius 3 is 2.22 bits per heavy atom. The zero-order chi connectivity index (χ0) is 23.0. The highest BCUT2D eigenvalue weighted by molar-refractivity contribution is 7.92. The quantitative estimate of drug-likeness (QED) is 0.481. The zero-order valence-electron chi connectivity index (χ0n) is 18.3. The average molecular weight is 453 g/mol. The molecule has 0 fully saturated rings. The van der Waals surface area contributed by atoms with Gasteiger partial charge in [0.25, 0.3) is 0 Å². The second kappa shape index (κ2) is 10.8. The van der Waals surface area contributed by atoms with Crippen LogP contribution in [0, 0.1) is 6.92 Å². The Morgan fingerprint density at radius 1 is 0.938 bits per heavy atom. The van der Waals surface area contributed by atoms with Gasteiger partial charge in [0.1, 0.15) is 12.4 Å². The topological polar surface area (TPSA) is 75.7 Å². The first kappa shape index (κ1) is 23.3. The molecule has 0 atom stereocenters. The van der Waals surface area contributed by atoms with Crippen LogP contribution in [0.15, 0.2) is 78.9 Å². The van der Waals surface area contributed by atoms with Gasteiger partial charge in [-0.25, -0.2) is 8.42 Å². The van der Waals surface area contributed by atoms with Crippen LogP contribution >= 0.6 is 0 Å². The zero-order valence-corrected chi connectivity index (χ0v) is 19.1. The van der Waals surface area contributed by atoms with Gasteiger partial charge in [-0.1, -0.05) is 48.0 Å². The van der Waals surface area contributed by atoms with E-state index in [1.165, 1.54) is 10.6 Å². The van der Waals surface area contributed by atoms with Crippen LogP contribution in [0.25, 0.3) is 0 Å². The number of nitrogens with zero attached hydrogens (tertiary/aromatic N) is 1.